The molecule has 1 atom stereocenters. The minimum Gasteiger partial charge on any atom is -0.481 e. The van der Waals surface area contributed by atoms with Gasteiger partial charge in [0, 0.05) is 18.0 Å². The Hall–Kier alpha value is -2.04. The first-order valence-electron chi connectivity index (χ1n) is 6.73. The molecule has 1 aromatic carbocycles. The monoisotopic (exact) mass is 276 g/mol. The first-order chi connectivity index (χ1) is 9.37. The number of carboxylic acid groups (broad SMARTS) is 1. The number of carbonyl (C=O) groups is 2. The quantitative estimate of drug-likeness (QED) is 0.768. The highest BCUT2D eigenvalue weighted by Gasteiger charge is 2.27. The van der Waals surface area contributed by atoms with E-state index < -0.39 is 11.5 Å². The van der Waals surface area contributed by atoms with Crippen LogP contribution in [0.15, 0.2) is 24.3 Å². The van der Waals surface area contributed by atoms with E-state index in [2.05, 4.69) is 22.8 Å². The minimum atomic E-state index is -0.928. The van der Waals surface area contributed by atoms with Crippen molar-refractivity contribution in [2.24, 2.45) is 0 Å². The zero-order valence-corrected chi connectivity index (χ0v) is 11.8. The Morgan fingerprint density at radius 3 is 2.70 bits per heavy atom. The molecule has 1 aromatic rings. The Kier molecular flexibility index (Phi) is 3.97. The van der Waals surface area contributed by atoms with Crippen LogP contribution in [-0.2, 0) is 11.2 Å². The van der Waals surface area contributed by atoms with Crippen LogP contribution >= 0.6 is 0 Å². The van der Waals surface area contributed by atoms with Gasteiger partial charge in [0.25, 0.3) is 0 Å². The van der Waals surface area contributed by atoms with Crippen molar-refractivity contribution < 1.29 is 14.7 Å². The Balaban J connectivity index is 1.78. The van der Waals surface area contributed by atoms with E-state index in [0.29, 0.717) is 12.5 Å². The van der Waals surface area contributed by atoms with Gasteiger partial charge in [-0.15, -0.1) is 0 Å². The van der Waals surface area contributed by atoms with Gasteiger partial charge in [-0.2, -0.15) is 0 Å². The highest BCUT2D eigenvalue weighted by molar-refractivity contribution is 5.76. The number of carbonyl (C=O) groups excluding carboxylic acids is 1. The van der Waals surface area contributed by atoms with E-state index in [4.69, 9.17) is 5.11 Å². The second-order valence-corrected chi connectivity index (χ2v) is 5.89. The number of rotatable bonds is 5. The molecule has 3 N–H and O–H groups in total. The molecular formula is C15H20N2O3. The van der Waals surface area contributed by atoms with Crippen LogP contribution in [0.4, 0.5) is 4.79 Å². The summed E-state index contributed by atoms with van der Waals surface area (Å²) in [6.45, 7) is 3.96. The molecule has 5 nitrogen and oxygen atoms in total. The van der Waals surface area contributed by atoms with Crippen LogP contribution in [0.1, 0.15) is 37.3 Å². The summed E-state index contributed by atoms with van der Waals surface area (Å²) in [5, 5.41) is 14.3. The van der Waals surface area contributed by atoms with Crippen LogP contribution < -0.4 is 10.6 Å². The molecule has 2 amide bonds. The van der Waals surface area contributed by atoms with Crippen LogP contribution in [-0.4, -0.2) is 29.2 Å². The third kappa shape index (κ3) is 3.50. The van der Waals surface area contributed by atoms with Gasteiger partial charge in [0.1, 0.15) is 0 Å². The first kappa shape index (κ1) is 14.4. The number of nitrogens with one attached hydrogen (secondary N) is 2. The average Bonchev–Trinajstić information content (AvgIpc) is 2.27. The molecule has 5 heteroatoms. The maximum Gasteiger partial charge on any atom is 0.315 e. The molecule has 0 aromatic heterocycles. The highest BCUT2D eigenvalue weighted by Crippen LogP contribution is 2.33. The van der Waals surface area contributed by atoms with Gasteiger partial charge >= 0.3 is 12.0 Å². The molecule has 0 aliphatic heterocycles. The van der Waals surface area contributed by atoms with Gasteiger partial charge in [-0.05, 0) is 31.4 Å². The van der Waals surface area contributed by atoms with Crippen LogP contribution in [0.3, 0.4) is 0 Å². The fourth-order valence-corrected chi connectivity index (χ4v) is 2.53. The van der Waals surface area contributed by atoms with E-state index in [1.54, 1.807) is 13.8 Å². The molecule has 1 unspecified atom stereocenters. The van der Waals surface area contributed by atoms with Gasteiger partial charge in [0.15, 0.2) is 0 Å². The number of hydrogen-bond acceptors (Lipinski definition) is 2. The van der Waals surface area contributed by atoms with Gasteiger partial charge in [-0.3, -0.25) is 4.79 Å². The van der Waals surface area contributed by atoms with E-state index in [1.807, 2.05) is 12.1 Å². The second kappa shape index (κ2) is 5.53. The molecule has 1 aliphatic rings. The molecule has 0 bridgehead atoms. The molecule has 20 heavy (non-hydrogen) atoms. The summed E-state index contributed by atoms with van der Waals surface area (Å²) in [6.07, 6.45) is 0.877. The second-order valence-electron chi connectivity index (χ2n) is 5.89. The number of urea groups is 1. The van der Waals surface area contributed by atoms with Gasteiger partial charge < -0.3 is 15.7 Å². The van der Waals surface area contributed by atoms with Crippen molar-refractivity contribution in [3.05, 3.63) is 35.4 Å². The lowest BCUT2D eigenvalue weighted by atomic mass is 9.78. The van der Waals surface area contributed by atoms with Gasteiger partial charge in [-0.25, -0.2) is 4.79 Å². The molecule has 108 valence electrons. The summed E-state index contributed by atoms with van der Waals surface area (Å²) in [7, 11) is 0. The van der Waals surface area contributed by atoms with E-state index >= 15 is 0 Å². The highest BCUT2D eigenvalue weighted by atomic mass is 16.4. The molecule has 0 fully saturated rings. The lowest BCUT2D eigenvalue weighted by Crippen LogP contribution is -2.50. The van der Waals surface area contributed by atoms with E-state index in [-0.39, 0.29) is 12.5 Å². The maximum atomic E-state index is 11.8. The standard InChI is InChI=1S/C15H20N2O3/c1-15(2,8-13(18)19)17-14(20)16-9-11-7-10-5-3-4-6-12(10)11/h3-6,11H,7-9H2,1-2H3,(H,18,19)(H2,16,17,20). The van der Waals surface area contributed by atoms with Crippen molar-refractivity contribution in [3.63, 3.8) is 0 Å². The largest absolute Gasteiger partial charge is 0.481 e. The predicted octanol–water partition coefficient (Wildman–Crippen LogP) is 1.88. The lowest BCUT2D eigenvalue weighted by Gasteiger charge is -2.31. The van der Waals surface area contributed by atoms with Crippen molar-refractivity contribution in [2.45, 2.75) is 38.1 Å². The van der Waals surface area contributed by atoms with Crippen molar-refractivity contribution in [3.8, 4) is 0 Å². The van der Waals surface area contributed by atoms with Crippen molar-refractivity contribution in [2.75, 3.05) is 6.54 Å². The van der Waals surface area contributed by atoms with Crippen molar-refractivity contribution in [1.29, 1.82) is 0 Å². The first-order valence-corrected chi connectivity index (χ1v) is 6.73. The Labute approximate surface area is 118 Å². The molecule has 0 heterocycles. The number of benzene rings is 1. The molecule has 0 spiro atoms. The third-order valence-corrected chi connectivity index (χ3v) is 3.52. The lowest BCUT2D eigenvalue weighted by molar-refractivity contribution is -0.138. The average molecular weight is 276 g/mol. The Morgan fingerprint density at radius 1 is 1.35 bits per heavy atom. The van der Waals surface area contributed by atoms with Crippen molar-refractivity contribution >= 4 is 12.0 Å². The summed E-state index contributed by atoms with van der Waals surface area (Å²) < 4.78 is 0. The van der Waals surface area contributed by atoms with E-state index in [1.165, 1.54) is 11.1 Å². The summed E-state index contributed by atoms with van der Waals surface area (Å²) >= 11 is 0. The van der Waals surface area contributed by atoms with Crippen LogP contribution in [0.2, 0.25) is 0 Å². The molecule has 0 saturated heterocycles. The van der Waals surface area contributed by atoms with Gasteiger partial charge in [-0.1, -0.05) is 24.3 Å². The normalized spacial score (nSPS) is 16.8. The zero-order valence-electron chi connectivity index (χ0n) is 11.8. The molecule has 0 saturated carbocycles. The van der Waals surface area contributed by atoms with E-state index in [9.17, 15) is 9.59 Å². The van der Waals surface area contributed by atoms with E-state index in [0.717, 1.165) is 6.42 Å². The summed E-state index contributed by atoms with van der Waals surface area (Å²) in [5.74, 6) is -0.567. The van der Waals surface area contributed by atoms with Gasteiger partial charge in [0.05, 0.1) is 6.42 Å². The molecule has 1 aliphatic carbocycles. The molecule has 2 rings (SSSR count). The van der Waals surface area contributed by atoms with Crippen molar-refractivity contribution in [1.82, 2.24) is 10.6 Å². The molecular weight excluding hydrogens is 256 g/mol. The zero-order chi connectivity index (χ0) is 14.8. The van der Waals surface area contributed by atoms with Crippen LogP contribution in [0, 0.1) is 0 Å². The topological polar surface area (TPSA) is 78.4 Å². The summed E-state index contributed by atoms with van der Waals surface area (Å²) in [5.41, 5.74) is 1.87. The Bertz CT molecular complexity index is 526. The number of hydrogen-bond donors (Lipinski definition) is 3. The SMILES string of the molecule is CC(C)(CC(=O)O)NC(=O)NCC1Cc2ccccc21. The van der Waals surface area contributed by atoms with Crippen LogP contribution in [0.5, 0.6) is 0 Å². The number of carboxylic acids is 1. The van der Waals surface area contributed by atoms with Gasteiger partial charge in [0.2, 0.25) is 0 Å². The number of aliphatic carboxylic acids is 1. The smallest absolute Gasteiger partial charge is 0.315 e. The fraction of sp³-hybridized carbons (Fsp3) is 0.467. The summed E-state index contributed by atoms with van der Waals surface area (Å²) in [4.78, 5) is 22.5. The number of fused-ring (bicyclic) bond motifs is 1. The Morgan fingerprint density at radius 2 is 2.05 bits per heavy atom. The summed E-state index contributed by atoms with van der Waals surface area (Å²) in [6, 6.07) is 7.88. The molecule has 0 radical (unpaired) electrons. The van der Waals surface area contributed by atoms with Crippen LogP contribution in [0.25, 0.3) is 0 Å². The minimum absolute atomic E-state index is 0.104. The maximum absolute atomic E-state index is 11.8. The fourth-order valence-electron chi connectivity index (χ4n) is 2.53. The predicted molar refractivity (Wildman–Crippen MR) is 75.8 cm³/mol. The third-order valence-electron chi connectivity index (χ3n) is 3.52. The number of amides is 2.